The van der Waals surface area contributed by atoms with E-state index in [1.807, 2.05) is 0 Å². The molecule has 0 spiro atoms. The van der Waals surface area contributed by atoms with E-state index in [0.717, 1.165) is 13.8 Å². The Morgan fingerprint density at radius 1 is 0.622 bits per heavy atom. The van der Waals surface area contributed by atoms with Crippen LogP contribution in [-0.2, 0) is 38.4 Å². The molecule has 216 valence electrons. The van der Waals surface area contributed by atoms with Crippen molar-refractivity contribution >= 4 is 47.4 Å². The maximum Gasteiger partial charge on any atom is 0.300 e. The first-order chi connectivity index (χ1) is 16.4. The highest BCUT2D eigenvalue weighted by molar-refractivity contribution is 5.90. The Bertz CT molecular complexity index is 692. The maximum atomic E-state index is 11.0. The molecule has 19 nitrogen and oxygen atoms in total. The SMILES string of the molecule is CC(=O)O.CC(=O)O.C[C@H](NC(=O)CNC(=O)CN)C(N)=O.C[C@H](NC(=O)CNC(=O)CN)C(N)=O.O. The van der Waals surface area contributed by atoms with Gasteiger partial charge in [-0.1, -0.05) is 0 Å². The molecule has 37 heavy (non-hydrogen) atoms. The van der Waals surface area contributed by atoms with Gasteiger partial charge in [0, 0.05) is 13.8 Å². The zero-order valence-electron chi connectivity index (χ0n) is 21.0. The summed E-state index contributed by atoms with van der Waals surface area (Å²) in [5.74, 6) is -4.79. The summed E-state index contributed by atoms with van der Waals surface area (Å²) < 4.78 is 0. The third kappa shape index (κ3) is 42.3. The molecule has 0 aliphatic rings. The van der Waals surface area contributed by atoms with Crippen LogP contribution in [0.15, 0.2) is 0 Å². The summed E-state index contributed by atoms with van der Waals surface area (Å²) in [5, 5.41) is 23.9. The predicted molar refractivity (Wildman–Crippen MR) is 128 cm³/mol. The molecule has 16 N–H and O–H groups in total. The Balaban J connectivity index is -0.000000140. The molecule has 6 amide bonds. The van der Waals surface area contributed by atoms with Crippen LogP contribution in [0.2, 0.25) is 0 Å². The van der Waals surface area contributed by atoms with Crippen LogP contribution >= 0.6 is 0 Å². The average Bonchev–Trinajstić information content (AvgIpc) is 2.75. The molecular formula is C18H38N8O11. The van der Waals surface area contributed by atoms with Crippen LogP contribution in [0.25, 0.3) is 0 Å². The third-order valence-corrected chi connectivity index (χ3v) is 2.87. The van der Waals surface area contributed by atoms with Gasteiger partial charge in [-0.05, 0) is 13.8 Å². The van der Waals surface area contributed by atoms with E-state index in [9.17, 15) is 28.8 Å². The summed E-state index contributed by atoms with van der Waals surface area (Å²) >= 11 is 0. The van der Waals surface area contributed by atoms with E-state index in [0.29, 0.717) is 0 Å². The Morgan fingerprint density at radius 2 is 0.838 bits per heavy atom. The van der Waals surface area contributed by atoms with E-state index < -0.39 is 59.5 Å². The van der Waals surface area contributed by atoms with Gasteiger partial charge < -0.3 is 59.9 Å². The number of carbonyl (C=O) groups excluding carboxylic acids is 6. The van der Waals surface area contributed by atoms with Crippen LogP contribution in [-0.4, -0.2) is 101 Å². The van der Waals surface area contributed by atoms with Gasteiger partial charge in [-0.25, -0.2) is 0 Å². The number of rotatable bonds is 10. The van der Waals surface area contributed by atoms with Crippen LogP contribution in [0.5, 0.6) is 0 Å². The molecule has 0 bridgehead atoms. The molecule has 0 heterocycles. The lowest BCUT2D eigenvalue weighted by Gasteiger charge is -2.10. The van der Waals surface area contributed by atoms with Gasteiger partial charge >= 0.3 is 0 Å². The molecule has 0 unspecified atom stereocenters. The molecule has 2 atom stereocenters. The highest BCUT2D eigenvalue weighted by Crippen LogP contribution is 1.79. The maximum absolute atomic E-state index is 11.0. The van der Waals surface area contributed by atoms with Crippen LogP contribution in [0, 0.1) is 0 Å². The summed E-state index contributed by atoms with van der Waals surface area (Å²) in [4.78, 5) is 82.3. The number of hydrogen-bond acceptors (Lipinski definition) is 10. The highest BCUT2D eigenvalue weighted by Gasteiger charge is 2.13. The Morgan fingerprint density at radius 3 is 1.00 bits per heavy atom. The van der Waals surface area contributed by atoms with E-state index in [1.54, 1.807) is 0 Å². The molecule has 0 aromatic heterocycles. The van der Waals surface area contributed by atoms with Crippen LogP contribution < -0.4 is 44.2 Å². The van der Waals surface area contributed by atoms with Crippen molar-refractivity contribution in [3.05, 3.63) is 0 Å². The summed E-state index contributed by atoms with van der Waals surface area (Å²) in [6, 6.07) is -1.51. The monoisotopic (exact) mass is 542 g/mol. The van der Waals surface area contributed by atoms with Gasteiger partial charge in [-0.15, -0.1) is 0 Å². The van der Waals surface area contributed by atoms with E-state index in [1.165, 1.54) is 13.8 Å². The largest absolute Gasteiger partial charge is 0.481 e. The molecular weight excluding hydrogens is 504 g/mol. The zero-order valence-corrected chi connectivity index (χ0v) is 21.0. The van der Waals surface area contributed by atoms with E-state index in [-0.39, 0.29) is 31.7 Å². The van der Waals surface area contributed by atoms with Gasteiger partial charge in [0.25, 0.3) is 11.9 Å². The van der Waals surface area contributed by atoms with Gasteiger partial charge in [0.05, 0.1) is 26.2 Å². The predicted octanol–water partition coefficient (Wildman–Crippen LogP) is -6.54. The molecule has 0 aliphatic heterocycles. The standard InChI is InChI=1S/2C7H14N4O3.2C2H4O2.H2O/c2*1-4(7(9)14)11-6(13)3-10-5(12)2-8;2*1-2(3)4;/h2*4H,2-3,8H2,1H3,(H2,9,14)(H,10,12)(H,11,13);2*1H3,(H,3,4);1H2/t2*4-;;;/m00.../s1. The molecule has 0 saturated heterocycles. The summed E-state index contributed by atoms with van der Waals surface area (Å²) in [5.41, 5.74) is 19.8. The molecule has 0 aromatic carbocycles. The topological polar surface area (TPSA) is 361 Å². The molecule has 0 fully saturated rings. The first kappa shape index (κ1) is 42.8. The number of amides is 6. The second kappa shape index (κ2) is 26.2. The second-order valence-corrected chi connectivity index (χ2v) is 6.38. The number of hydrogen-bond donors (Lipinski definition) is 10. The van der Waals surface area contributed by atoms with Crippen molar-refractivity contribution in [2.45, 2.75) is 39.8 Å². The number of carboxylic acid groups (broad SMARTS) is 2. The van der Waals surface area contributed by atoms with Gasteiger partial charge in [-0.3, -0.25) is 38.4 Å². The van der Waals surface area contributed by atoms with Gasteiger partial charge in [0.2, 0.25) is 35.4 Å². The number of primary amides is 2. The first-order valence-corrected chi connectivity index (χ1v) is 9.90. The van der Waals surface area contributed by atoms with Crippen LogP contribution in [0.3, 0.4) is 0 Å². The number of nitrogens with two attached hydrogens (primary N) is 4. The first-order valence-electron chi connectivity index (χ1n) is 9.90. The van der Waals surface area contributed by atoms with Gasteiger partial charge in [0.1, 0.15) is 12.1 Å². The number of carbonyl (C=O) groups is 8. The van der Waals surface area contributed by atoms with Crippen molar-refractivity contribution in [2.24, 2.45) is 22.9 Å². The van der Waals surface area contributed by atoms with E-state index in [4.69, 9.17) is 42.7 Å². The minimum atomic E-state index is -0.833. The van der Waals surface area contributed by atoms with Gasteiger partial charge in [0.15, 0.2) is 0 Å². The van der Waals surface area contributed by atoms with Crippen molar-refractivity contribution < 1.29 is 54.0 Å². The fourth-order valence-electron chi connectivity index (χ4n) is 1.23. The molecule has 0 saturated carbocycles. The molecule has 0 aromatic rings. The quantitative estimate of drug-likeness (QED) is 0.123. The molecule has 0 aliphatic carbocycles. The molecule has 19 heteroatoms. The minimum Gasteiger partial charge on any atom is -0.481 e. The lowest BCUT2D eigenvalue weighted by Crippen LogP contribution is -2.46. The number of aliphatic carboxylic acids is 2. The molecule has 0 radical (unpaired) electrons. The van der Waals surface area contributed by atoms with Gasteiger partial charge in [-0.2, -0.15) is 0 Å². The Hall–Kier alpha value is -4.36. The van der Waals surface area contributed by atoms with Crippen LogP contribution in [0.4, 0.5) is 0 Å². The fraction of sp³-hybridized carbons (Fsp3) is 0.556. The van der Waals surface area contributed by atoms with E-state index >= 15 is 0 Å². The summed E-state index contributed by atoms with van der Waals surface area (Å²) in [6.07, 6.45) is 0. The molecule has 0 rings (SSSR count). The highest BCUT2D eigenvalue weighted by atomic mass is 16.4. The Labute approximate surface area is 212 Å². The van der Waals surface area contributed by atoms with Crippen molar-refractivity contribution in [1.82, 2.24) is 21.3 Å². The van der Waals surface area contributed by atoms with E-state index in [2.05, 4.69) is 21.3 Å². The zero-order chi connectivity index (χ0) is 29.4. The van der Waals surface area contributed by atoms with Crippen LogP contribution in [0.1, 0.15) is 27.7 Å². The lowest BCUT2D eigenvalue weighted by atomic mass is 10.3. The second-order valence-electron chi connectivity index (χ2n) is 6.38. The number of nitrogens with one attached hydrogen (secondary N) is 4. The third-order valence-electron chi connectivity index (χ3n) is 2.87. The minimum absolute atomic E-state index is 0. The smallest absolute Gasteiger partial charge is 0.300 e. The average molecular weight is 543 g/mol. The van der Waals surface area contributed by atoms with Crippen molar-refractivity contribution in [2.75, 3.05) is 26.2 Å². The fourth-order valence-corrected chi connectivity index (χ4v) is 1.23. The summed E-state index contributed by atoms with van der Waals surface area (Å²) in [6.45, 7) is 4.27. The normalized spacial score (nSPS) is 10.1. The lowest BCUT2D eigenvalue weighted by molar-refractivity contribution is -0.135. The van der Waals surface area contributed by atoms with Crippen molar-refractivity contribution in [3.8, 4) is 0 Å². The van der Waals surface area contributed by atoms with Crippen molar-refractivity contribution in [3.63, 3.8) is 0 Å². The summed E-state index contributed by atoms with van der Waals surface area (Å²) in [7, 11) is 0. The van der Waals surface area contributed by atoms with Crippen molar-refractivity contribution in [1.29, 1.82) is 0 Å². The number of carboxylic acids is 2. The Kier molecular flexibility index (Phi) is 30.3.